The molecule has 0 amide bonds. The van der Waals surface area contributed by atoms with Crippen molar-refractivity contribution in [3.8, 4) is 5.75 Å². The highest BCUT2D eigenvalue weighted by atomic mass is 16.5. The topological polar surface area (TPSA) is 37.4 Å². The molecule has 0 aliphatic carbocycles. The van der Waals surface area contributed by atoms with E-state index in [1.807, 2.05) is 49.5 Å². The lowest BCUT2D eigenvalue weighted by Crippen LogP contribution is -1.91. The summed E-state index contributed by atoms with van der Waals surface area (Å²) in [5, 5.41) is 0. The van der Waals surface area contributed by atoms with Crippen LogP contribution in [0.3, 0.4) is 0 Å². The number of hydrogen-bond donors (Lipinski definition) is 1. The largest absolute Gasteiger partial charge is 0.492 e. The molecule has 0 aliphatic rings. The summed E-state index contributed by atoms with van der Waals surface area (Å²) >= 11 is 0. The fourth-order valence-corrected chi connectivity index (χ4v) is 1.40. The Balaban J connectivity index is 2.20. The molecule has 2 aromatic rings. The molecule has 0 spiro atoms. The lowest BCUT2D eigenvalue weighted by molar-refractivity contribution is 0.341. The Morgan fingerprint density at radius 2 is 2.12 bits per heavy atom. The molecule has 3 heteroatoms. The van der Waals surface area contributed by atoms with Crippen LogP contribution in [0.15, 0.2) is 47.6 Å². The fourth-order valence-electron chi connectivity index (χ4n) is 1.40. The average Bonchev–Trinajstić information content (AvgIpc) is 2.81. The highest BCUT2D eigenvalue weighted by molar-refractivity contribution is 5.80. The summed E-state index contributed by atoms with van der Waals surface area (Å²) in [5.74, 6) is 0.813. The van der Waals surface area contributed by atoms with Crippen molar-refractivity contribution < 1.29 is 4.74 Å². The van der Waals surface area contributed by atoms with Crippen molar-refractivity contribution in [1.82, 2.24) is 4.98 Å². The number of benzene rings is 1. The van der Waals surface area contributed by atoms with E-state index in [2.05, 4.69) is 9.98 Å². The molecule has 0 fully saturated rings. The van der Waals surface area contributed by atoms with Crippen molar-refractivity contribution in [2.75, 3.05) is 6.61 Å². The molecule has 3 nitrogen and oxygen atoms in total. The second-order valence-corrected chi connectivity index (χ2v) is 3.28. The smallest absolute Gasteiger partial charge is 0.144 e. The summed E-state index contributed by atoms with van der Waals surface area (Å²) < 4.78 is 5.48. The Bertz CT molecular complexity index is 461. The van der Waals surface area contributed by atoms with Gasteiger partial charge in [-0.25, -0.2) is 0 Å². The van der Waals surface area contributed by atoms with Gasteiger partial charge >= 0.3 is 0 Å². The van der Waals surface area contributed by atoms with Gasteiger partial charge in [-0.1, -0.05) is 12.1 Å². The Kier molecular flexibility index (Phi) is 3.38. The van der Waals surface area contributed by atoms with Gasteiger partial charge in [-0.3, -0.25) is 4.99 Å². The minimum absolute atomic E-state index is 0.648. The number of ether oxygens (including phenoxy) is 1. The van der Waals surface area contributed by atoms with Crippen LogP contribution in [0.2, 0.25) is 0 Å². The van der Waals surface area contributed by atoms with E-state index in [0.29, 0.717) is 6.61 Å². The van der Waals surface area contributed by atoms with Crippen molar-refractivity contribution in [2.24, 2.45) is 4.99 Å². The molecular weight excluding hydrogens is 200 g/mol. The Morgan fingerprint density at radius 3 is 2.88 bits per heavy atom. The van der Waals surface area contributed by atoms with E-state index in [9.17, 15) is 0 Å². The van der Waals surface area contributed by atoms with Gasteiger partial charge in [-0.15, -0.1) is 0 Å². The number of para-hydroxylation sites is 2. The Labute approximate surface area is 94.8 Å². The zero-order valence-electron chi connectivity index (χ0n) is 9.18. The van der Waals surface area contributed by atoms with Crippen molar-refractivity contribution in [3.63, 3.8) is 0 Å². The average molecular weight is 214 g/mol. The maximum atomic E-state index is 5.48. The fraction of sp³-hybridized carbons (Fsp3) is 0.154. The first-order valence-corrected chi connectivity index (χ1v) is 5.29. The maximum absolute atomic E-state index is 5.48. The second kappa shape index (κ2) is 5.16. The van der Waals surface area contributed by atoms with Gasteiger partial charge in [-0.05, 0) is 31.2 Å². The number of rotatable bonds is 4. The molecule has 1 heterocycles. The van der Waals surface area contributed by atoms with Gasteiger partial charge in [0.2, 0.25) is 0 Å². The highest BCUT2D eigenvalue weighted by Crippen LogP contribution is 2.26. The van der Waals surface area contributed by atoms with Crippen LogP contribution >= 0.6 is 0 Å². The van der Waals surface area contributed by atoms with Crippen LogP contribution in [-0.4, -0.2) is 17.8 Å². The third kappa shape index (κ3) is 2.51. The third-order valence-corrected chi connectivity index (χ3v) is 2.13. The number of H-pyrrole nitrogens is 1. The minimum Gasteiger partial charge on any atom is -0.492 e. The van der Waals surface area contributed by atoms with Crippen LogP contribution in [0.4, 0.5) is 5.69 Å². The van der Waals surface area contributed by atoms with Gasteiger partial charge in [0, 0.05) is 6.20 Å². The SMILES string of the molecule is CCOc1ccccc1N=Cc1ccc[nH]1. The predicted octanol–water partition coefficient (Wildman–Crippen LogP) is 3.16. The zero-order chi connectivity index (χ0) is 11.2. The molecule has 1 aromatic heterocycles. The molecule has 2 rings (SSSR count). The van der Waals surface area contributed by atoms with E-state index in [0.717, 1.165) is 17.1 Å². The molecule has 16 heavy (non-hydrogen) atoms. The van der Waals surface area contributed by atoms with Gasteiger partial charge in [-0.2, -0.15) is 0 Å². The normalized spacial score (nSPS) is 10.8. The van der Waals surface area contributed by atoms with E-state index in [4.69, 9.17) is 4.74 Å². The van der Waals surface area contributed by atoms with Crippen molar-refractivity contribution >= 4 is 11.9 Å². The molecule has 0 radical (unpaired) electrons. The van der Waals surface area contributed by atoms with E-state index >= 15 is 0 Å². The summed E-state index contributed by atoms with van der Waals surface area (Å²) in [6.45, 7) is 2.61. The van der Waals surface area contributed by atoms with Crippen LogP contribution in [-0.2, 0) is 0 Å². The van der Waals surface area contributed by atoms with Crippen molar-refractivity contribution in [2.45, 2.75) is 6.92 Å². The molecule has 0 bridgehead atoms. The summed E-state index contributed by atoms with van der Waals surface area (Å²) in [4.78, 5) is 7.45. The van der Waals surface area contributed by atoms with Crippen LogP contribution in [0, 0.1) is 0 Å². The van der Waals surface area contributed by atoms with Gasteiger partial charge in [0.15, 0.2) is 0 Å². The number of hydrogen-bond acceptors (Lipinski definition) is 2. The van der Waals surface area contributed by atoms with Gasteiger partial charge < -0.3 is 9.72 Å². The first kappa shape index (κ1) is 10.5. The van der Waals surface area contributed by atoms with Crippen LogP contribution < -0.4 is 4.74 Å². The summed E-state index contributed by atoms with van der Waals surface area (Å²) in [7, 11) is 0. The van der Waals surface area contributed by atoms with Crippen molar-refractivity contribution in [3.05, 3.63) is 48.3 Å². The van der Waals surface area contributed by atoms with Crippen LogP contribution in [0.1, 0.15) is 12.6 Å². The lowest BCUT2D eigenvalue weighted by Gasteiger charge is -2.05. The van der Waals surface area contributed by atoms with Crippen LogP contribution in [0.25, 0.3) is 0 Å². The van der Waals surface area contributed by atoms with E-state index in [1.54, 1.807) is 6.21 Å². The number of aliphatic imine (C=N–C) groups is 1. The molecule has 82 valence electrons. The maximum Gasteiger partial charge on any atom is 0.144 e. The number of aromatic nitrogens is 1. The first-order chi connectivity index (χ1) is 7.90. The molecular formula is C13H14N2O. The van der Waals surface area contributed by atoms with Gasteiger partial charge in [0.1, 0.15) is 11.4 Å². The van der Waals surface area contributed by atoms with E-state index in [-0.39, 0.29) is 0 Å². The summed E-state index contributed by atoms with van der Waals surface area (Å²) in [5.41, 5.74) is 1.82. The molecule has 0 aliphatic heterocycles. The summed E-state index contributed by atoms with van der Waals surface area (Å²) in [6, 6.07) is 11.7. The standard InChI is InChI=1S/C13H14N2O/c1-2-16-13-8-4-3-7-12(13)15-10-11-6-5-9-14-11/h3-10,14H,2H2,1H3. The lowest BCUT2D eigenvalue weighted by atomic mass is 10.3. The van der Waals surface area contributed by atoms with Gasteiger partial charge in [0.25, 0.3) is 0 Å². The molecule has 0 saturated carbocycles. The number of nitrogens with one attached hydrogen (secondary N) is 1. The molecule has 0 saturated heterocycles. The quantitative estimate of drug-likeness (QED) is 0.780. The van der Waals surface area contributed by atoms with Gasteiger partial charge in [0.05, 0.1) is 18.5 Å². The summed E-state index contributed by atoms with van der Waals surface area (Å²) in [6.07, 6.45) is 3.66. The highest BCUT2D eigenvalue weighted by Gasteiger charge is 1.98. The van der Waals surface area contributed by atoms with E-state index < -0.39 is 0 Å². The zero-order valence-corrected chi connectivity index (χ0v) is 9.18. The van der Waals surface area contributed by atoms with Crippen LogP contribution in [0.5, 0.6) is 5.75 Å². The Morgan fingerprint density at radius 1 is 1.25 bits per heavy atom. The molecule has 1 N–H and O–H groups in total. The third-order valence-electron chi connectivity index (χ3n) is 2.13. The van der Waals surface area contributed by atoms with E-state index in [1.165, 1.54) is 0 Å². The second-order valence-electron chi connectivity index (χ2n) is 3.28. The number of aromatic amines is 1. The Hall–Kier alpha value is -2.03. The van der Waals surface area contributed by atoms with Crippen molar-refractivity contribution in [1.29, 1.82) is 0 Å². The molecule has 0 unspecified atom stereocenters. The molecule has 0 atom stereocenters. The number of nitrogens with zero attached hydrogens (tertiary/aromatic N) is 1. The predicted molar refractivity (Wildman–Crippen MR) is 65.7 cm³/mol. The molecule has 1 aromatic carbocycles. The first-order valence-electron chi connectivity index (χ1n) is 5.29. The monoisotopic (exact) mass is 214 g/mol. The minimum atomic E-state index is 0.648.